The highest BCUT2D eigenvalue weighted by Crippen LogP contribution is 2.53. The first-order valence-corrected chi connectivity index (χ1v) is 29.6. The molecule has 0 amide bonds. The van der Waals surface area contributed by atoms with Gasteiger partial charge < -0.3 is 18.9 Å². The molecule has 82 heavy (non-hydrogen) atoms. The van der Waals surface area contributed by atoms with Crippen LogP contribution in [0.3, 0.4) is 0 Å². The van der Waals surface area contributed by atoms with Crippen molar-refractivity contribution < 1.29 is 0 Å². The predicted octanol–water partition coefficient (Wildman–Crippen LogP) is 22.3. The fourth-order valence-corrected chi connectivity index (χ4v) is 14.5. The molecule has 0 bridgehead atoms. The van der Waals surface area contributed by atoms with Gasteiger partial charge >= 0.3 is 0 Å². The molecular weight excluding hydrogens is 1030 g/mol. The van der Waals surface area contributed by atoms with Crippen LogP contribution in [0.2, 0.25) is 0 Å². The summed E-state index contributed by atoms with van der Waals surface area (Å²) >= 11 is 3.64. The Bertz CT molecular complexity index is 5000. The zero-order chi connectivity index (χ0) is 54.1. The van der Waals surface area contributed by atoms with Gasteiger partial charge in [-0.3, -0.25) is 0 Å². The maximum atomic E-state index is 2.53. The van der Waals surface area contributed by atoms with Gasteiger partial charge in [-0.15, -0.1) is 22.7 Å². The summed E-state index contributed by atoms with van der Waals surface area (Å²) < 4.78 is 7.27. The van der Waals surface area contributed by atoms with Crippen LogP contribution < -0.4 is 9.80 Å². The molecule has 0 aliphatic rings. The number of rotatable bonds is 11. The Morgan fingerprint density at radius 1 is 0.244 bits per heavy atom. The molecule has 0 aliphatic heterocycles. The quantitative estimate of drug-likeness (QED) is 0.128. The van der Waals surface area contributed by atoms with E-state index in [4.69, 9.17) is 0 Å². The number of benzene rings is 12. The Morgan fingerprint density at radius 3 is 1.17 bits per heavy atom. The average Bonchev–Trinajstić information content (AvgIpc) is 4.50. The fourth-order valence-electron chi connectivity index (χ4n) is 12.6. The molecule has 6 heteroatoms. The van der Waals surface area contributed by atoms with Crippen molar-refractivity contribution in [3.63, 3.8) is 0 Å². The van der Waals surface area contributed by atoms with E-state index in [0.717, 1.165) is 45.4 Å². The number of thiophene rings is 2. The summed E-state index contributed by atoms with van der Waals surface area (Å²) in [5.41, 5.74) is 20.7. The number of hydrogen-bond acceptors (Lipinski definition) is 4. The number of hydrogen-bond donors (Lipinski definition) is 0. The predicted molar refractivity (Wildman–Crippen MR) is 352 cm³/mol. The molecule has 0 saturated carbocycles. The Balaban J connectivity index is 0.897. The van der Waals surface area contributed by atoms with Gasteiger partial charge in [-0.1, -0.05) is 170 Å². The van der Waals surface area contributed by atoms with Crippen LogP contribution in [-0.2, 0) is 0 Å². The largest absolute Gasteiger partial charge is 0.310 e. The van der Waals surface area contributed by atoms with Gasteiger partial charge in [0.05, 0.1) is 32.5 Å². The molecule has 0 saturated heterocycles. The summed E-state index contributed by atoms with van der Waals surface area (Å²) in [6.07, 6.45) is 0. The van der Waals surface area contributed by atoms with Crippen molar-refractivity contribution in [1.82, 2.24) is 9.13 Å². The number of anilines is 6. The molecule has 0 unspecified atom stereocenters. The molecule has 0 radical (unpaired) electrons. The lowest BCUT2D eigenvalue weighted by atomic mass is 9.97. The number of nitrogens with zero attached hydrogens (tertiary/aromatic N) is 4. The van der Waals surface area contributed by atoms with Crippen molar-refractivity contribution >= 4 is 121 Å². The Labute approximate surface area is 483 Å². The van der Waals surface area contributed by atoms with E-state index in [0.29, 0.717) is 0 Å². The smallest absolute Gasteiger partial charge is 0.0727 e. The topological polar surface area (TPSA) is 16.3 Å². The standard InChI is InChI=1S/C76H50N4S2/c1-5-20-51(21-6-1)53-24-17-31-58(46-53)77(61-38-40-71-67(49-61)63-34-13-15-36-69(63)79(71)56-27-9-3-10-28-56)59-32-19-26-55(48-59)73-65-42-44-82-76(65)74(66-43-45-81-75(66)73)78(60-33-18-25-54(47-60)52-22-7-2-8-23-52)62-39-41-72-68(50-62)64-35-14-16-37-70(64)80(72)57-29-11-4-12-30-57/h1-50H. The number of fused-ring (bicyclic) bond motifs is 8. The molecule has 0 spiro atoms. The minimum absolute atomic E-state index is 1.08. The van der Waals surface area contributed by atoms with E-state index in [1.165, 1.54) is 97.3 Å². The molecule has 16 aromatic rings. The third-order valence-electron chi connectivity index (χ3n) is 16.2. The number of para-hydroxylation sites is 4. The zero-order valence-corrected chi connectivity index (χ0v) is 46.1. The van der Waals surface area contributed by atoms with E-state index in [1.807, 2.05) is 22.7 Å². The minimum Gasteiger partial charge on any atom is -0.310 e. The summed E-state index contributed by atoms with van der Waals surface area (Å²) in [6.45, 7) is 0. The van der Waals surface area contributed by atoms with Crippen LogP contribution in [0.25, 0.3) is 109 Å². The highest BCUT2D eigenvalue weighted by molar-refractivity contribution is 7.20. The monoisotopic (exact) mass is 1080 g/mol. The van der Waals surface area contributed by atoms with Crippen LogP contribution in [0.1, 0.15) is 0 Å². The van der Waals surface area contributed by atoms with E-state index >= 15 is 0 Å². The average molecular weight is 1080 g/mol. The molecule has 16 rings (SSSR count). The van der Waals surface area contributed by atoms with Crippen molar-refractivity contribution in [3.8, 4) is 44.8 Å². The van der Waals surface area contributed by atoms with Crippen molar-refractivity contribution in [1.29, 1.82) is 0 Å². The van der Waals surface area contributed by atoms with Crippen LogP contribution in [0.15, 0.2) is 302 Å². The summed E-state index contributed by atoms with van der Waals surface area (Å²) in [4.78, 5) is 4.97. The highest BCUT2D eigenvalue weighted by atomic mass is 32.1. The first-order chi connectivity index (χ1) is 40.7. The molecule has 4 heterocycles. The second kappa shape index (κ2) is 19.8. The fraction of sp³-hybridized carbons (Fsp3) is 0. The second-order valence-electron chi connectivity index (χ2n) is 20.9. The van der Waals surface area contributed by atoms with Gasteiger partial charge in [-0.05, 0) is 160 Å². The normalized spacial score (nSPS) is 11.7. The molecular formula is C76H50N4S2. The van der Waals surface area contributed by atoms with Crippen molar-refractivity contribution in [3.05, 3.63) is 302 Å². The van der Waals surface area contributed by atoms with Gasteiger partial charge in [-0.25, -0.2) is 0 Å². The van der Waals surface area contributed by atoms with E-state index < -0.39 is 0 Å². The lowest BCUT2D eigenvalue weighted by Crippen LogP contribution is -2.11. The van der Waals surface area contributed by atoms with Crippen LogP contribution in [0.5, 0.6) is 0 Å². The third kappa shape index (κ3) is 7.94. The summed E-state index contributed by atoms with van der Waals surface area (Å²) in [5, 5.41) is 11.8. The van der Waals surface area contributed by atoms with Crippen molar-refractivity contribution in [2.75, 3.05) is 9.80 Å². The number of aromatic nitrogens is 2. The molecule has 386 valence electrons. The van der Waals surface area contributed by atoms with Crippen molar-refractivity contribution in [2.45, 2.75) is 0 Å². The lowest BCUT2D eigenvalue weighted by Gasteiger charge is -2.29. The van der Waals surface area contributed by atoms with Crippen LogP contribution in [-0.4, -0.2) is 9.13 Å². The Morgan fingerprint density at radius 2 is 0.634 bits per heavy atom. The van der Waals surface area contributed by atoms with Gasteiger partial charge in [-0.2, -0.15) is 0 Å². The minimum atomic E-state index is 1.08. The van der Waals surface area contributed by atoms with Gasteiger partial charge in [0.25, 0.3) is 0 Å². The zero-order valence-electron chi connectivity index (χ0n) is 44.5. The van der Waals surface area contributed by atoms with Gasteiger partial charge in [0.2, 0.25) is 0 Å². The third-order valence-corrected chi connectivity index (χ3v) is 18.0. The van der Waals surface area contributed by atoms with Crippen molar-refractivity contribution in [2.24, 2.45) is 0 Å². The van der Waals surface area contributed by atoms with E-state index in [1.54, 1.807) is 0 Å². The van der Waals surface area contributed by atoms with E-state index in [-0.39, 0.29) is 0 Å². The summed E-state index contributed by atoms with van der Waals surface area (Å²) in [6, 6.07) is 107. The lowest BCUT2D eigenvalue weighted by molar-refractivity contribution is 1.18. The van der Waals surface area contributed by atoms with Gasteiger partial charge in [0.1, 0.15) is 0 Å². The molecule has 4 aromatic heterocycles. The maximum Gasteiger partial charge on any atom is 0.0727 e. The SMILES string of the molecule is c1ccc(-c2cccc(N(c3cccc(-c4c5ccsc5c(N(c5cccc(-c6ccccc6)c5)c5ccc6c(c5)c5ccccc5n6-c5ccccc5)c5ccsc45)c3)c3ccc4c(c3)c3ccccc3n4-c3ccccc3)c2)cc1. The van der Waals surface area contributed by atoms with E-state index in [2.05, 4.69) is 321 Å². The summed E-state index contributed by atoms with van der Waals surface area (Å²) in [7, 11) is 0. The highest BCUT2D eigenvalue weighted by Gasteiger charge is 2.27. The maximum absolute atomic E-state index is 2.53. The molecule has 0 atom stereocenters. The summed E-state index contributed by atoms with van der Waals surface area (Å²) in [5.74, 6) is 0. The molecule has 4 nitrogen and oxygen atoms in total. The molecule has 0 fully saturated rings. The Hall–Kier alpha value is -10.2. The first-order valence-electron chi connectivity index (χ1n) is 27.8. The first kappa shape index (κ1) is 47.7. The van der Waals surface area contributed by atoms with Crippen LogP contribution in [0, 0.1) is 0 Å². The molecule has 12 aromatic carbocycles. The Kier molecular flexibility index (Phi) is 11.5. The van der Waals surface area contributed by atoms with Crippen LogP contribution >= 0.6 is 22.7 Å². The molecule has 0 aliphatic carbocycles. The van der Waals surface area contributed by atoms with E-state index in [9.17, 15) is 0 Å². The van der Waals surface area contributed by atoms with Gasteiger partial charge in [0.15, 0.2) is 0 Å². The second-order valence-corrected chi connectivity index (χ2v) is 22.7. The molecule has 0 N–H and O–H groups in total. The van der Waals surface area contributed by atoms with Gasteiger partial charge in [0, 0.05) is 82.4 Å². The van der Waals surface area contributed by atoms with Crippen LogP contribution in [0.4, 0.5) is 34.1 Å².